The summed E-state index contributed by atoms with van der Waals surface area (Å²) in [6, 6.07) is 5.50. The average molecular weight is 272 g/mol. The molecule has 2 aliphatic carbocycles. The second kappa shape index (κ2) is 5.07. The van der Waals surface area contributed by atoms with Crippen LogP contribution in [0.5, 0.6) is 0 Å². The Labute approximate surface area is 116 Å². The van der Waals surface area contributed by atoms with Crippen LogP contribution in [0.4, 0.5) is 0 Å². The Bertz CT molecular complexity index is 555. The van der Waals surface area contributed by atoms with E-state index >= 15 is 0 Å². The molecule has 1 saturated carbocycles. The van der Waals surface area contributed by atoms with E-state index in [0.29, 0.717) is 6.54 Å². The van der Waals surface area contributed by atoms with Crippen molar-refractivity contribution < 1.29 is 14.7 Å². The van der Waals surface area contributed by atoms with Crippen LogP contribution in [0.3, 0.4) is 0 Å². The maximum Gasteiger partial charge on any atom is 0.307 e. The number of nitrogens with zero attached hydrogens (tertiary/aromatic N) is 1. The Morgan fingerprint density at radius 1 is 1.25 bits per heavy atom. The summed E-state index contributed by atoms with van der Waals surface area (Å²) in [6.07, 6.45) is 6.36. The van der Waals surface area contributed by atoms with E-state index in [0.717, 1.165) is 12.1 Å². The molecule has 5 heteroatoms. The molecule has 1 aromatic heterocycles. The molecule has 1 amide bonds. The number of pyridine rings is 1. The molecular weight excluding hydrogens is 256 g/mol. The number of rotatable bonds is 4. The number of carboxylic acid groups (broad SMARTS) is 1. The first-order chi connectivity index (χ1) is 9.66. The normalized spacial score (nSPS) is 30.4. The quantitative estimate of drug-likeness (QED) is 0.808. The Balaban J connectivity index is 1.68. The first-order valence-corrected chi connectivity index (χ1v) is 6.75. The SMILES string of the molecule is O=C(O)[C@@H]1[C@H](C(=O)NCc2ccccn2)[C@@H]2C=C[C@H]1C2. The van der Waals surface area contributed by atoms with Crippen molar-refractivity contribution in [1.29, 1.82) is 0 Å². The van der Waals surface area contributed by atoms with E-state index in [9.17, 15) is 14.7 Å². The predicted octanol–water partition coefficient (Wildman–Crippen LogP) is 1.22. The molecule has 3 rings (SSSR count). The van der Waals surface area contributed by atoms with Crippen LogP contribution in [0.1, 0.15) is 12.1 Å². The molecule has 0 radical (unpaired) electrons. The van der Waals surface area contributed by atoms with Gasteiger partial charge in [-0.25, -0.2) is 0 Å². The summed E-state index contributed by atoms with van der Waals surface area (Å²) in [5.41, 5.74) is 0.770. The average Bonchev–Trinajstić information content (AvgIpc) is 3.06. The Morgan fingerprint density at radius 3 is 2.65 bits per heavy atom. The number of amides is 1. The summed E-state index contributed by atoms with van der Waals surface area (Å²) < 4.78 is 0. The van der Waals surface area contributed by atoms with E-state index in [1.54, 1.807) is 6.20 Å². The van der Waals surface area contributed by atoms with Gasteiger partial charge < -0.3 is 10.4 Å². The minimum atomic E-state index is -0.875. The predicted molar refractivity (Wildman–Crippen MR) is 71.4 cm³/mol. The Kier molecular flexibility index (Phi) is 3.26. The number of carbonyl (C=O) groups is 2. The number of carbonyl (C=O) groups excluding carboxylic acids is 1. The monoisotopic (exact) mass is 272 g/mol. The fourth-order valence-corrected chi connectivity index (χ4v) is 3.31. The number of hydrogen-bond donors (Lipinski definition) is 2. The van der Waals surface area contributed by atoms with E-state index in [1.807, 2.05) is 30.4 Å². The van der Waals surface area contributed by atoms with Crippen LogP contribution in [-0.4, -0.2) is 22.0 Å². The number of aromatic nitrogens is 1. The fourth-order valence-electron chi connectivity index (χ4n) is 3.31. The Morgan fingerprint density at radius 2 is 2.00 bits per heavy atom. The molecule has 2 N–H and O–H groups in total. The molecule has 5 nitrogen and oxygen atoms in total. The summed E-state index contributed by atoms with van der Waals surface area (Å²) in [5, 5.41) is 12.1. The Hall–Kier alpha value is -2.17. The van der Waals surface area contributed by atoms with Crippen LogP contribution >= 0.6 is 0 Å². The lowest BCUT2D eigenvalue weighted by Crippen LogP contribution is -2.40. The van der Waals surface area contributed by atoms with Crippen molar-refractivity contribution >= 4 is 11.9 Å². The van der Waals surface area contributed by atoms with Crippen molar-refractivity contribution in [2.24, 2.45) is 23.7 Å². The highest BCUT2D eigenvalue weighted by atomic mass is 16.4. The molecule has 2 bridgehead atoms. The third kappa shape index (κ3) is 2.19. The number of nitrogens with one attached hydrogen (secondary N) is 1. The van der Waals surface area contributed by atoms with Crippen LogP contribution in [-0.2, 0) is 16.1 Å². The number of carboxylic acids is 1. The lowest BCUT2D eigenvalue weighted by molar-refractivity contribution is -0.147. The van der Waals surface area contributed by atoms with Gasteiger partial charge in [-0.3, -0.25) is 14.6 Å². The molecule has 0 aliphatic heterocycles. The summed E-state index contributed by atoms with van der Waals surface area (Å²) in [5.74, 6) is -2.03. The highest BCUT2D eigenvalue weighted by Crippen LogP contribution is 2.48. The van der Waals surface area contributed by atoms with E-state index in [-0.39, 0.29) is 17.7 Å². The van der Waals surface area contributed by atoms with Gasteiger partial charge in [0, 0.05) is 6.20 Å². The second-order valence-electron chi connectivity index (χ2n) is 5.38. The highest BCUT2D eigenvalue weighted by Gasteiger charge is 2.51. The lowest BCUT2D eigenvalue weighted by Gasteiger charge is -2.23. The zero-order valence-corrected chi connectivity index (χ0v) is 10.9. The summed E-state index contributed by atoms with van der Waals surface area (Å²) in [6.45, 7) is 0.337. The van der Waals surface area contributed by atoms with Gasteiger partial charge in [0.1, 0.15) is 0 Å². The molecule has 4 atom stereocenters. The number of allylic oxidation sites excluding steroid dienone is 2. The highest BCUT2D eigenvalue weighted by molar-refractivity contribution is 5.86. The van der Waals surface area contributed by atoms with E-state index in [2.05, 4.69) is 10.3 Å². The van der Waals surface area contributed by atoms with Gasteiger partial charge in [-0.15, -0.1) is 0 Å². The molecule has 2 aliphatic rings. The van der Waals surface area contributed by atoms with Crippen LogP contribution in [0.2, 0.25) is 0 Å². The zero-order valence-electron chi connectivity index (χ0n) is 10.9. The third-order valence-corrected chi connectivity index (χ3v) is 4.22. The van der Waals surface area contributed by atoms with Crippen LogP contribution in [0.15, 0.2) is 36.5 Å². The number of hydrogen-bond acceptors (Lipinski definition) is 3. The standard InChI is InChI=1S/C15H16N2O3/c18-14(17-8-11-3-1-2-6-16-11)12-9-4-5-10(7-9)13(12)15(19)20/h1-6,9-10,12-13H,7-8H2,(H,17,18)(H,19,20)/t9-,10+,12-,13+/m1/s1. The molecule has 0 unspecified atom stereocenters. The van der Waals surface area contributed by atoms with Gasteiger partial charge in [0.25, 0.3) is 0 Å². The van der Waals surface area contributed by atoms with Crippen molar-refractivity contribution in [3.8, 4) is 0 Å². The van der Waals surface area contributed by atoms with Crippen molar-refractivity contribution in [2.45, 2.75) is 13.0 Å². The van der Waals surface area contributed by atoms with Crippen molar-refractivity contribution in [2.75, 3.05) is 0 Å². The van der Waals surface area contributed by atoms with Crippen molar-refractivity contribution in [3.05, 3.63) is 42.2 Å². The topological polar surface area (TPSA) is 79.3 Å². The third-order valence-electron chi connectivity index (χ3n) is 4.22. The van der Waals surface area contributed by atoms with Gasteiger partial charge in [0.2, 0.25) is 5.91 Å². The van der Waals surface area contributed by atoms with Crippen LogP contribution < -0.4 is 5.32 Å². The first-order valence-electron chi connectivity index (χ1n) is 6.75. The second-order valence-corrected chi connectivity index (χ2v) is 5.38. The van der Waals surface area contributed by atoms with Crippen molar-refractivity contribution in [3.63, 3.8) is 0 Å². The van der Waals surface area contributed by atoms with E-state index < -0.39 is 17.8 Å². The smallest absolute Gasteiger partial charge is 0.307 e. The van der Waals surface area contributed by atoms with Crippen LogP contribution in [0.25, 0.3) is 0 Å². The number of aliphatic carboxylic acids is 1. The summed E-state index contributed by atoms with van der Waals surface area (Å²) in [4.78, 5) is 27.8. The van der Waals surface area contributed by atoms with Gasteiger partial charge in [-0.05, 0) is 30.4 Å². The zero-order chi connectivity index (χ0) is 14.1. The molecule has 0 saturated heterocycles. The molecule has 1 heterocycles. The van der Waals surface area contributed by atoms with Gasteiger partial charge in [-0.2, -0.15) is 0 Å². The van der Waals surface area contributed by atoms with Crippen LogP contribution in [0, 0.1) is 23.7 Å². The first kappa shape index (κ1) is 12.8. The summed E-state index contributed by atoms with van der Waals surface area (Å²) >= 11 is 0. The molecule has 1 fully saturated rings. The van der Waals surface area contributed by atoms with Gasteiger partial charge >= 0.3 is 5.97 Å². The van der Waals surface area contributed by atoms with Gasteiger partial charge in [0.15, 0.2) is 0 Å². The maximum atomic E-state index is 12.3. The minimum absolute atomic E-state index is 0.00287. The summed E-state index contributed by atoms with van der Waals surface area (Å²) in [7, 11) is 0. The van der Waals surface area contributed by atoms with Crippen molar-refractivity contribution in [1.82, 2.24) is 10.3 Å². The van der Waals surface area contributed by atoms with Gasteiger partial charge in [0.05, 0.1) is 24.1 Å². The largest absolute Gasteiger partial charge is 0.481 e. The number of fused-ring (bicyclic) bond motifs is 2. The van der Waals surface area contributed by atoms with E-state index in [1.165, 1.54) is 0 Å². The van der Waals surface area contributed by atoms with Gasteiger partial charge in [-0.1, -0.05) is 18.2 Å². The molecule has 104 valence electrons. The molecule has 20 heavy (non-hydrogen) atoms. The lowest BCUT2D eigenvalue weighted by atomic mass is 9.82. The molecule has 0 spiro atoms. The molecular formula is C15H16N2O3. The maximum absolute atomic E-state index is 12.3. The minimum Gasteiger partial charge on any atom is -0.481 e. The van der Waals surface area contributed by atoms with E-state index in [4.69, 9.17) is 0 Å². The molecule has 0 aromatic carbocycles. The fraction of sp³-hybridized carbons (Fsp3) is 0.400. The molecule has 1 aromatic rings.